The van der Waals surface area contributed by atoms with Gasteiger partial charge in [0.05, 0.1) is 18.2 Å². The fourth-order valence-electron chi connectivity index (χ4n) is 2.55. The van der Waals surface area contributed by atoms with Crippen LogP contribution in [0.3, 0.4) is 0 Å². The molecule has 1 aliphatic heterocycles. The van der Waals surface area contributed by atoms with Crippen LogP contribution in [0, 0.1) is 0 Å². The van der Waals surface area contributed by atoms with Crippen LogP contribution in [-0.2, 0) is 11.3 Å². The summed E-state index contributed by atoms with van der Waals surface area (Å²) in [7, 11) is 0. The van der Waals surface area contributed by atoms with Crippen molar-refractivity contribution in [2.24, 2.45) is 0 Å². The highest BCUT2D eigenvalue weighted by Crippen LogP contribution is 2.40. The van der Waals surface area contributed by atoms with E-state index in [9.17, 15) is 13.6 Å². The first kappa shape index (κ1) is 17.6. The van der Waals surface area contributed by atoms with E-state index in [4.69, 9.17) is 9.84 Å². The van der Waals surface area contributed by atoms with E-state index in [-0.39, 0.29) is 19.7 Å². The molecule has 1 amide bonds. The van der Waals surface area contributed by atoms with E-state index in [0.29, 0.717) is 11.3 Å². The number of hydrogen-bond acceptors (Lipinski definition) is 4. The Morgan fingerprint density at radius 3 is 2.83 bits per heavy atom. The molecule has 1 saturated heterocycles. The summed E-state index contributed by atoms with van der Waals surface area (Å²) in [6.45, 7) is 4.71. The van der Waals surface area contributed by atoms with E-state index in [1.165, 1.54) is 23.2 Å². The van der Waals surface area contributed by atoms with Crippen molar-refractivity contribution in [3.05, 3.63) is 29.6 Å². The van der Waals surface area contributed by atoms with E-state index < -0.39 is 30.0 Å². The van der Waals surface area contributed by atoms with Crippen LogP contribution in [0.1, 0.15) is 44.4 Å². The summed E-state index contributed by atoms with van der Waals surface area (Å²) in [6, 6.07) is 2.95. The number of aliphatic hydroxyl groups is 1. The zero-order valence-corrected chi connectivity index (χ0v) is 13.6. The lowest BCUT2D eigenvalue weighted by Gasteiger charge is -2.39. The van der Waals surface area contributed by atoms with Crippen molar-refractivity contribution in [3.63, 3.8) is 0 Å². The summed E-state index contributed by atoms with van der Waals surface area (Å²) in [5, 5.41) is 9.12. The summed E-state index contributed by atoms with van der Waals surface area (Å²) < 4.78 is 33.9. The molecule has 0 saturated carbocycles. The van der Waals surface area contributed by atoms with Gasteiger partial charge in [-0.1, -0.05) is 0 Å². The number of nitrogens with zero attached hydrogens (tertiary/aromatic N) is 2. The number of carbonyl (C=O) groups is 1. The smallest absolute Gasteiger partial charge is 0.410 e. The summed E-state index contributed by atoms with van der Waals surface area (Å²) in [4.78, 5) is 17.3. The number of halogens is 2. The molecular formula is C16H22F2N2O3. The molecule has 128 valence electrons. The molecule has 1 aromatic rings. The van der Waals surface area contributed by atoms with Crippen LogP contribution in [0.25, 0.3) is 0 Å². The maximum Gasteiger partial charge on any atom is 0.410 e. The average molecular weight is 328 g/mol. The van der Waals surface area contributed by atoms with E-state index >= 15 is 0 Å². The lowest BCUT2D eigenvalue weighted by molar-refractivity contribution is -0.0771. The third kappa shape index (κ3) is 4.37. The largest absolute Gasteiger partial charge is 0.444 e. The number of aromatic nitrogens is 1. The molecule has 1 aromatic heterocycles. The lowest BCUT2D eigenvalue weighted by Crippen LogP contribution is -2.49. The molecule has 2 heterocycles. The van der Waals surface area contributed by atoms with Crippen molar-refractivity contribution in [3.8, 4) is 0 Å². The molecule has 1 fully saturated rings. The Kier molecular flexibility index (Phi) is 4.89. The Hall–Kier alpha value is -1.76. The fourth-order valence-corrected chi connectivity index (χ4v) is 2.55. The van der Waals surface area contributed by atoms with Gasteiger partial charge >= 0.3 is 6.09 Å². The average Bonchev–Trinajstić information content (AvgIpc) is 2.45. The predicted octanol–water partition coefficient (Wildman–Crippen LogP) is 2.93. The van der Waals surface area contributed by atoms with Gasteiger partial charge in [-0.2, -0.15) is 0 Å². The zero-order chi connectivity index (χ0) is 17.3. The minimum absolute atomic E-state index is 0.0453. The predicted molar refractivity (Wildman–Crippen MR) is 80.3 cm³/mol. The molecule has 2 rings (SSSR count). The number of hydrogen-bond donors (Lipinski definition) is 1. The summed E-state index contributed by atoms with van der Waals surface area (Å²) in [5.41, 5.74) is 0.0165. The van der Waals surface area contributed by atoms with Crippen LogP contribution in [0.5, 0.6) is 0 Å². The number of alkyl halides is 2. The van der Waals surface area contributed by atoms with Crippen LogP contribution in [0.15, 0.2) is 18.3 Å². The molecule has 23 heavy (non-hydrogen) atoms. The number of likely N-dealkylation sites (tertiary alicyclic amines) is 1. The van der Waals surface area contributed by atoms with Crippen molar-refractivity contribution in [1.29, 1.82) is 0 Å². The van der Waals surface area contributed by atoms with Crippen molar-refractivity contribution >= 4 is 6.09 Å². The second-order valence-corrected chi connectivity index (χ2v) is 6.73. The summed E-state index contributed by atoms with van der Waals surface area (Å²) in [6.07, 6.45) is 0.381. The van der Waals surface area contributed by atoms with Gasteiger partial charge in [0, 0.05) is 25.7 Å². The molecule has 1 N–H and O–H groups in total. The van der Waals surface area contributed by atoms with E-state index in [2.05, 4.69) is 4.98 Å². The summed E-state index contributed by atoms with van der Waals surface area (Å²) >= 11 is 0. The van der Waals surface area contributed by atoms with Gasteiger partial charge in [0.25, 0.3) is 5.92 Å². The summed E-state index contributed by atoms with van der Waals surface area (Å²) in [5.74, 6) is -4.07. The fraction of sp³-hybridized carbons (Fsp3) is 0.625. The number of pyridine rings is 1. The highest BCUT2D eigenvalue weighted by Gasteiger charge is 2.46. The van der Waals surface area contributed by atoms with Gasteiger partial charge in [0.1, 0.15) is 5.60 Å². The number of piperidine rings is 1. The Balaban J connectivity index is 2.20. The highest BCUT2D eigenvalue weighted by molar-refractivity contribution is 5.68. The number of ether oxygens (including phenoxy) is 1. The minimum Gasteiger partial charge on any atom is -0.444 e. The van der Waals surface area contributed by atoms with Crippen LogP contribution < -0.4 is 0 Å². The zero-order valence-electron chi connectivity index (χ0n) is 13.6. The highest BCUT2D eigenvalue weighted by atomic mass is 19.3. The number of aliphatic hydroxyl groups excluding tert-OH is 1. The van der Waals surface area contributed by atoms with Crippen LogP contribution >= 0.6 is 0 Å². The Bertz CT molecular complexity index is 573. The van der Waals surface area contributed by atoms with Gasteiger partial charge in [-0.25, -0.2) is 13.6 Å². The molecule has 0 aliphatic carbocycles. The molecule has 1 aliphatic rings. The van der Waals surface area contributed by atoms with Gasteiger partial charge in [0.2, 0.25) is 0 Å². The Labute approximate surface area is 134 Å². The molecule has 1 unspecified atom stereocenters. The Morgan fingerprint density at radius 2 is 2.22 bits per heavy atom. The quantitative estimate of drug-likeness (QED) is 0.907. The molecule has 1 atom stereocenters. The lowest BCUT2D eigenvalue weighted by atomic mass is 9.87. The molecule has 0 spiro atoms. The van der Waals surface area contributed by atoms with Gasteiger partial charge in [-0.05, 0) is 38.5 Å². The molecule has 0 bridgehead atoms. The van der Waals surface area contributed by atoms with Gasteiger partial charge in [0.15, 0.2) is 0 Å². The van der Waals surface area contributed by atoms with Crippen LogP contribution in [-0.4, -0.2) is 45.7 Å². The number of carbonyl (C=O) groups excluding carboxylic acids is 1. The van der Waals surface area contributed by atoms with Gasteiger partial charge in [-0.3, -0.25) is 4.98 Å². The standard InChI is InChI=1S/C16H22F2N2O3/c1-15(2,3)23-14(22)20-7-5-16(17,18)13(9-20)11-4-6-19-12(8-11)10-21/h4,6,8,13,21H,5,7,9-10H2,1-3H3. The van der Waals surface area contributed by atoms with E-state index in [0.717, 1.165) is 0 Å². The van der Waals surface area contributed by atoms with Crippen molar-refractivity contribution in [2.45, 2.75) is 51.2 Å². The monoisotopic (exact) mass is 328 g/mol. The molecule has 5 nitrogen and oxygen atoms in total. The first-order chi connectivity index (χ1) is 10.6. The second-order valence-electron chi connectivity index (χ2n) is 6.73. The van der Waals surface area contributed by atoms with Crippen LogP contribution in [0.4, 0.5) is 13.6 Å². The van der Waals surface area contributed by atoms with Crippen molar-refractivity contribution in [1.82, 2.24) is 9.88 Å². The first-order valence-corrected chi connectivity index (χ1v) is 7.54. The van der Waals surface area contributed by atoms with Gasteiger partial charge in [-0.15, -0.1) is 0 Å². The van der Waals surface area contributed by atoms with E-state index in [1.54, 1.807) is 20.8 Å². The normalized spacial score (nSPS) is 21.1. The molecule has 0 radical (unpaired) electrons. The second kappa shape index (κ2) is 6.39. The molecule has 7 heteroatoms. The first-order valence-electron chi connectivity index (χ1n) is 7.54. The van der Waals surface area contributed by atoms with Crippen LogP contribution in [0.2, 0.25) is 0 Å². The number of rotatable bonds is 2. The number of amides is 1. The Morgan fingerprint density at radius 1 is 1.52 bits per heavy atom. The van der Waals surface area contributed by atoms with E-state index in [1.807, 2.05) is 0 Å². The van der Waals surface area contributed by atoms with Gasteiger partial charge < -0.3 is 14.7 Å². The van der Waals surface area contributed by atoms with Crippen molar-refractivity contribution in [2.75, 3.05) is 13.1 Å². The molecule has 0 aromatic carbocycles. The topological polar surface area (TPSA) is 62.7 Å². The SMILES string of the molecule is CC(C)(C)OC(=O)N1CCC(F)(F)C(c2ccnc(CO)c2)C1. The maximum atomic E-state index is 14.3. The maximum absolute atomic E-state index is 14.3. The molecular weight excluding hydrogens is 306 g/mol. The minimum atomic E-state index is -2.92. The third-order valence-corrected chi connectivity index (χ3v) is 3.68. The third-order valence-electron chi connectivity index (χ3n) is 3.68. The van der Waals surface area contributed by atoms with Crippen molar-refractivity contribution < 1.29 is 23.4 Å².